The minimum Gasteiger partial charge on any atom is -0.272 e. The zero-order valence-corrected chi connectivity index (χ0v) is 12.3. The van der Waals surface area contributed by atoms with Gasteiger partial charge in [0.2, 0.25) is 0 Å². The van der Waals surface area contributed by atoms with Crippen molar-refractivity contribution in [3.63, 3.8) is 0 Å². The highest BCUT2D eigenvalue weighted by Gasteiger charge is 2.09. The first-order valence-electron chi connectivity index (χ1n) is 6.09. The van der Waals surface area contributed by atoms with Crippen LogP contribution in [0.15, 0.2) is 29.4 Å². The molecule has 0 saturated carbocycles. The van der Waals surface area contributed by atoms with Crippen molar-refractivity contribution in [2.45, 2.75) is 13.8 Å². The van der Waals surface area contributed by atoms with E-state index in [2.05, 4.69) is 15.6 Å². The normalized spacial score (nSPS) is 11.0. The average molecular weight is 291 g/mol. The molecule has 1 amide bonds. The third-order valence-corrected chi connectivity index (χ3v) is 3.37. The number of aryl methyl sites for hydroxylation is 2. The number of hydrogen-bond acceptors (Lipinski definition) is 3. The van der Waals surface area contributed by atoms with Crippen molar-refractivity contribution in [2.75, 3.05) is 0 Å². The molecule has 1 aromatic carbocycles. The quantitative estimate of drug-likeness (QED) is 0.697. The molecule has 0 saturated heterocycles. The number of benzene rings is 1. The van der Waals surface area contributed by atoms with Gasteiger partial charge in [-0.15, -0.1) is 0 Å². The highest BCUT2D eigenvalue weighted by molar-refractivity contribution is 6.33. The minimum atomic E-state index is -0.342. The minimum absolute atomic E-state index is 0.342. The van der Waals surface area contributed by atoms with E-state index < -0.39 is 0 Å². The zero-order chi connectivity index (χ0) is 14.7. The molecule has 20 heavy (non-hydrogen) atoms. The lowest BCUT2D eigenvalue weighted by molar-refractivity contribution is 0.0955. The Kier molecular flexibility index (Phi) is 4.20. The van der Waals surface area contributed by atoms with E-state index in [9.17, 15) is 4.79 Å². The Morgan fingerprint density at radius 3 is 2.70 bits per heavy atom. The molecule has 2 aromatic rings. The van der Waals surface area contributed by atoms with Crippen molar-refractivity contribution in [3.05, 3.63) is 51.8 Å². The molecule has 6 heteroatoms. The molecule has 0 spiro atoms. The first-order chi connectivity index (χ1) is 9.50. The van der Waals surface area contributed by atoms with Gasteiger partial charge in [-0.05, 0) is 26.0 Å². The molecule has 0 unspecified atom stereocenters. The molecule has 1 aromatic heterocycles. The lowest BCUT2D eigenvalue weighted by atomic mass is 10.2. The van der Waals surface area contributed by atoms with Crippen molar-refractivity contribution in [3.8, 4) is 0 Å². The molecule has 0 aliphatic rings. The summed E-state index contributed by atoms with van der Waals surface area (Å²) in [5.74, 6) is -0.342. The van der Waals surface area contributed by atoms with E-state index in [1.54, 1.807) is 35.2 Å². The highest BCUT2D eigenvalue weighted by Crippen LogP contribution is 2.14. The van der Waals surface area contributed by atoms with Crippen LogP contribution in [0.4, 0.5) is 0 Å². The fourth-order valence-corrected chi connectivity index (χ4v) is 2.06. The Morgan fingerprint density at radius 2 is 2.10 bits per heavy atom. The lowest BCUT2D eigenvalue weighted by Crippen LogP contribution is -2.18. The molecule has 0 atom stereocenters. The number of aromatic nitrogens is 2. The number of halogens is 1. The average Bonchev–Trinajstić information content (AvgIpc) is 2.65. The monoisotopic (exact) mass is 290 g/mol. The van der Waals surface area contributed by atoms with Gasteiger partial charge in [-0.1, -0.05) is 23.7 Å². The molecule has 104 valence electrons. The fraction of sp³-hybridized carbons (Fsp3) is 0.214. The van der Waals surface area contributed by atoms with Gasteiger partial charge in [-0.3, -0.25) is 9.48 Å². The number of carbonyl (C=O) groups excluding carboxylic acids is 1. The van der Waals surface area contributed by atoms with Crippen LogP contribution in [0.3, 0.4) is 0 Å². The SMILES string of the molecule is Cc1nn(C)c(C)c1/C=N/NC(=O)c1ccccc1Cl. The van der Waals surface area contributed by atoms with Gasteiger partial charge in [0.1, 0.15) is 0 Å². The van der Waals surface area contributed by atoms with Gasteiger partial charge in [0.15, 0.2) is 0 Å². The summed E-state index contributed by atoms with van der Waals surface area (Å²) in [6.45, 7) is 3.83. The molecule has 0 aliphatic heterocycles. The number of rotatable bonds is 3. The van der Waals surface area contributed by atoms with Gasteiger partial charge in [0, 0.05) is 18.3 Å². The second kappa shape index (κ2) is 5.88. The first-order valence-corrected chi connectivity index (χ1v) is 6.46. The topological polar surface area (TPSA) is 59.3 Å². The van der Waals surface area contributed by atoms with Crippen LogP contribution in [-0.4, -0.2) is 21.9 Å². The lowest BCUT2D eigenvalue weighted by Gasteiger charge is -2.01. The second-order valence-electron chi connectivity index (χ2n) is 4.39. The van der Waals surface area contributed by atoms with Crippen LogP contribution in [0.2, 0.25) is 5.02 Å². The van der Waals surface area contributed by atoms with Crippen molar-refractivity contribution >= 4 is 23.7 Å². The Morgan fingerprint density at radius 1 is 1.40 bits per heavy atom. The number of hydrogen-bond donors (Lipinski definition) is 1. The van der Waals surface area contributed by atoms with Crippen molar-refractivity contribution in [2.24, 2.45) is 12.1 Å². The van der Waals surface area contributed by atoms with E-state index >= 15 is 0 Å². The first kappa shape index (κ1) is 14.3. The van der Waals surface area contributed by atoms with Crippen LogP contribution in [0, 0.1) is 13.8 Å². The van der Waals surface area contributed by atoms with E-state index in [0.717, 1.165) is 17.0 Å². The highest BCUT2D eigenvalue weighted by atomic mass is 35.5. The fourth-order valence-electron chi connectivity index (χ4n) is 1.84. The third-order valence-electron chi connectivity index (χ3n) is 3.04. The molecule has 0 fully saturated rings. The van der Waals surface area contributed by atoms with Crippen LogP contribution >= 0.6 is 11.6 Å². The number of nitrogens with zero attached hydrogens (tertiary/aromatic N) is 3. The second-order valence-corrected chi connectivity index (χ2v) is 4.79. The van der Waals surface area contributed by atoms with Gasteiger partial charge in [0.25, 0.3) is 5.91 Å². The van der Waals surface area contributed by atoms with E-state index in [-0.39, 0.29) is 5.91 Å². The Balaban J connectivity index is 2.11. The molecule has 0 radical (unpaired) electrons. The molecule has 1 N–H and O–H groups in total. The van der Waals surface area contributed by atoms with E-state index in [1.165, 1.54) is 0 Å². The maximum Gasteiger partial charge on any atom is 0.272 e. The van der Waals surface area contributed by atoms with Gasteiger partial charge in [-0.2, -0.15) is 10.2 Å². The molecule has 0 bridgehead atoms. The molecule has 2 rings (SSSR count). The van der Waals surface area contributed by atoms with Crippen molar-refractivity contribution in [1.82, 2.24) is 15.2 Å². The summed E-state index contributed by atoms with van der Waals surface area (Å²) in [5, 5.41) is 8.63. The summed E-state index contributed by atoms with van der Waals surface area (Å²) >= 11 is 5.94. The standard InChI is InChI=1S/C14H15ClN4O/c1-9-12(10(2)19(3)18-9)8-16-17-14(20)11-6-4-5-7-13(11)15/h4-8H,1-3H3,(H,17,20)/b16-8+. The van der Waals surface area contributed by atoms with Crippen LogP contribution < -0.4 is 5.43 Å². The summed E-state index contributed by atoms with van der Waals surface area (Å²) in [5.41, 5.74) is 5.60. The maximum absolute atomic E-state index is 11.9. The molecular formula is C14H15ClN4O. The predicted octanol–water partition coefficient (Wildman–Crippen LogP) is 2.45. The smallest absolute Gasteiger partial charge is 0.272 e. The summed E-state index contributed by atoms with van der Waals surface area (Å²) in [6.07, 6.45) is 1.59. The number of carbonyl (C=O) groups is 1. The van der Waals surface area contributed by atoms with Crippen LogP contribution in [0.25, 0.3) is 0 Å². The predicted molar refractivity (Wildman–Crippen MR) is 79.2 cm³/mol. The molecule has 0 aliphatic carbocycles. The third kappa shape index (κ3) is 2.88. The Hall–Kier alpha value is -2.14. The largest absolute Gasteiger partial charge is 0.272 e. The van der Waals surface area contributed by atoms with Crippen LogP contribution in [0.5, 0.6) is 0 Å². The van der Waals surface area contributed by atoms with E-state index in [0.29, 0.717) is 10.6 Å². The Labute approximate surface area is 122 Å². The van der Waals surface area contributed by atoms with Crippen LogP contribution in [-0.2, 0) is 7.05 Å². The number of amides is 1. The summed E-state index contributed by atoms with van der Waals surface area (Å²) < 4.78 is 1.77. The number of nitrogens with one attached hydrogen (secondary N) is 1. The summed E-state index contributed by atoms with van der Waals surface area (Å²) in [4.78, 5) is 11.9. The zero-order valence-electron chi connectivity index (χ0n) is 11.5. The van der Waals surface area contributed by atoms with E-state index in [1.807, 2.05) is 20.9 Å². The van der Waals surface area contributed by atoms with Gasteiger partial charge < -0.3 is 0 Å². The van der Waals surface area contributed by atoms with Gasteiger partial charge >= 0.3 is 0 Å². The van der Waals surface area contributed by atoms with Crippen molar-refractivity contribution in [1.29, 1.82) is 0 Å². The Bertz CT molecular complexity index is 676. The van der Waals surface area contributed by atoms with Gasteiger partial charge in [0.05, 0.1) is 22.5 Å². The summed E-state index contributed by atoms with van der Waals surface area (Å²) in [6, 6.07) is 6.83. The molecule has 1 heterocycles. The van der Waals surface area contributed by atoms with E-state index in [4.69, 9.17) is 11.6 Å². The summed E-state index contributed by atoms with van der Waals surface area (Å²) in [7, 11) is 1.86. The molecular weight excluding hydrogens is 276 g/mol. The molecule has 5 nitrogen and oxygen atoms in total. The maximum atomic E-state index is 11.9. The number of hydrazone groups is 1. The van der Waals surface area contributed by atoms with Crippen molar-refractivity contribution < 1.29 is 4.79 Å². The van der Waals surface area contributed by atoms with Crippen LogP contribution in [0.1, 0.15) is 27.3 Å². The van der Waals surface area contributed by atoms with Gasteiger partial charge in [-0.25, -0.2) is 5.43 Å².